The number of benzene rings is 2. The summed E-state index contributed by atoms with van der Waals surface area (Å²) in [7, 11) is 1.54. The van der Waals surface area contributed by atoms with E-state index in [9.17, 15) is 14.4 Å². The predicted molar refractivity (Wildman–Crippen MR) is 114 cm³/mol. The number of amides is 3. The Hall–Kier alpha value is -2.86. The Morgan fingerprint density at radius 1 is 1.10 bits per heavy atom. The van der Waals surface area contributed by atoms with Crippen LogP contribution in [-0.4, -0.2) is 41.8 Å². The lowest BCUT2D eigenvalue weighted by atomic mass is 10.1. The second kappa shape index (κ2) is 8.48. The topological polar surface area (TPSA) is 66.9 Å². The molecule has 0 N–H and O–H groups in total. The van der Waals surface area contributed by atoms with E-state index in [0.29, 0.717) is 22.0 Å². The lowest BCUT2D eigenvalue weighted by Crippen LogP contribution is -2.50. The molecule has 2 fully saturated rings. The summed E-state index contributed by atoms with van der Waals surface area (Å²) in [6.45, 7) is 0. The predicted octanol–water partition coefficient (Wildman–Crippen LogP) is 4.07. The SMILES string of the molecule is COc1cccc(C(=O)N(C2CCCC2)C2CC(=O)N(c3ccc(Cl)cc3)C2=O)c1. The van der Waals surface area contributed by atoms with Gasteiger partial charge in [-0.3, -0.25) is 14.4 Å². The van der Waals surface area contributed by atoms with Gasteiger partial charge in [0.2, 0.25) is 5.91 Å². The van der Waals surface area contributed by atoms with E-state index in [1.54, 1.807) is 60.5 Å². The van der Waals surface area contributed by atoms with Gasteiger partial charge in [0.25, 0.3) is 11.8 Å². The highest BCUT2D eigenvalue weighted by Crippen LogP contribution is 2.33. The van der Waals surface area contributed by atoms with Crippen molar-refractivity contribution in [1.82, 2.24) is 4.90 Å². The van der Waals surface area contributed by atoms with E-state index in [4.69, 9.17) is 16.3 Å². The van der Waals surface area contributed by atoms with Gasteiger partial charge < -0.3 is 9.64 Å². The monoisotopic (exact) mass is 426 g/mol. The van der Waals surface area contributed by atoms with E-state index in [0.717, 1.165) is 25.7 Å². The van der Waals surface area contributed by atoms with Crippen molar-refractivity contribution in [3.05, 3.63) is 59.1 Å². The summed E-state index contributed by atoms with van der Waals surface area (Å²) < 4.78 is 5.25. The maximum Gasteiger partial charge on any atom is 0.257 e. The Kier molecular flexibility index (Phi) is 5.77. The van der Waals surface area contributed by atoms with Gasteiger partial charge in [0.15, 0.2) is 0 Å². The fourth-order valence-corrected chi connectivity index (χ4v) is 4.47. The third kappa shape index (κ3) is 3.79. The van der Waals surface area contributed by atoms with Crippen LogP contribution in [0.15, 0.2) is 48.5 Å². The summed E-state index contributed by atoms with van der Waals surface area (Å²) in [4.78, 5) is 42.4. The van der Waals surface area contributed by atoms with Gasteiger partial charge in [-0.15, -0.1) is 0 Å². The summed E-state index contributed by atoms with van der Waals surface area (Å²) in [6.07, 6.45) is 3.64. The lowest BCUT2D eigenvalue weighted by molar-refractivity contribution is -0.123. The smallest absolute Gasteiger partial charge is 0.257 e. The van der Waals surface area contributed by atoms with Gasteiger partial charge in [-0.2, -0.15) is 0 Å². The number of halogens is 1. The molecule has 1 unspecified atom stereocenters. The molecule has 3 amide bonds. The first-order valence-electron chi connectivity index (χ1n) is 10.1. The van der Waals surface area contributed by atoms with Crippen LogP contribution in [0, 0.1) is 0 Å². The van der Waals surface area contributed by atoms with Gasteiger partial charge in [-0.25, -0.2) is 4.90 Å². The molecule has 156 valence electrons. The third-order valence-electron chi connectivity index (χ3n) is 5.81. The maximum atomic E-state index is 13.5. The van der Waals surface area contributed by atoms with Gasteiger partial charge in [0, 0.05) is 16.6 Å². The normalized spacial score (nSPS) is 19.4. The van der Waals surface area contributed by atoms with E-state index in [2.05, 4.69) is 0 Å². The molecular formula is C23H23ClN2O4. The van der Waals surface area contributed by atoms with Crippen LogP contribution in [0.4, 0.5) is 5.69 Å². The van der Waals surface area contributed by atoms with Crippen molar-refractivity contribution in [2.24, 2.45) is 0 Å². The molecule has 4 rings (SSSR count). The summed E-state index contributed by atoms with van der Waals surface area (Å²) in [6, 6.07) is 12.6. The van der Waals surface area contributed by atoms with Crippen LogP contribution in [0.1, 0.15) is 42.5 Å². The Morgan fingerprint density at radius 2 is 1.80 bits per heavy atom. The van der Waals surface area contributed by atoms with Gasteiger partial charge >= 0.3 is 0 Å². The molecule has 0 radical (unpaired) electrons. The van der Waals surface area contributed by atoms with Gasteiger partial charge in [0.05, 0.1) is 19.2 Å². The molecule has 1 aliphatic heterocycles. The van der Waals surface area contributed by atoms with E-state index in [1.807, 2.05) is 0 Å². The third-order valence-corrected chi connectivity index (χ3v) is 6.06. The largest absolute Gasteiger partial charge is 0.497 e. The number of carbonyl (C=O) groups excluding carboxylic acids is 3. The number of rotatable bonds is 5. The van der Waals surface area contributed by atoms with Crippen molar-refractivity contribution >= 4 is 35.0 Å². The van der Waals surface area contributed by atoms with Crippen LogP contribution >= 0.6 is 11.6 Å². The van der Waals surface area contributed by atoms with Crippen LogP contribution in [0.25, 0.3) is 0 Å². The molecule has 6 nitrogen and oxygen atoms in total. The molecule has 0 bridgehead atoms. The van der Waals surface area contributed by atoms with Crippen LogP contribution in [-0.2, 0) is 9.59 Å². The van der Waals surface area contributed by atoms with Crippen molar-refractivity contribution in [3.8, 4) is 5.75 Å². The number of methoxy groups -OCH3 is 1. The first-order chi connectivity index (χ1) is 14.5. The highest BCUT2D eigenvalue weighted by Gasteiger charge is 2.47. The Labute approximate surface area is 180 Å². The average molecular weight is 427 g/mol. The minimum atomic E-state index is -0.810. The van der Waals surface area contributed by atoms with Crippen LogP contribution in [0.5, 0.6) is 5.75 Å². The van der Waals surface area contributed by atoms with E-state index in [-0.39, 0.29) is 30.2 Å². The second-order valence-electron chi connectivity index (χ2n) is 7.65. The molecule has 2 aromatic rings. The van der Waals surface area contributed by atoms with E-state index < -0.39 is 6.04 Å². The Morgan fingerprint density at radius 3 is 2.47 bits per heavy atom. The Balaban J connectivity index is 1.67. The molecule has 1 saturated heterocycles. The minimum Gasteiger partial charge on any atom is -0.497 e. The molecule has 7 heteroatoms. The molecule has 2 aromatic carbocycles. The van der Waals surface area contributed by atoms with Crippen molar-refractivity contribution in [1.29, 1.82) is 0 Å². The zero-order valence-electron chi connectivity index (χ0n) is 16.7. The van der Waals surface area contributed by atoms with Gasteiger partial charge in [-0.1, -0.05) is 30.5 Å². The molecule has 30 heavy (non-hydrogen) atoms. The van der Waals surface area contributed by atoms with Crippen LogP contribution in [0.2, 0.25) is 5.02 Å². The van der Waals surface area contributed by atoms with Gasteiger partial charge in [-0.05, 0) is 55.3 Å². The fraction of sp³-hybridized carbons (Fsp3) is 0.348. The summed E-state index contributed by atoms with van der Waals surface area (Å²) in [5.74, 6) is -0.354. The summed E-state index contributed by atoms with van der Waals surface area (Å²) >= 11 is 5.94. The molecule has 0 spiro atoms. The number of imide groups is 1. The highest BCUT2D eigenvalue weighted by atomic mass is 35.5. The van der Waals surface area contributed by atoms with Crippen molar-refractivity contribution in [2.75, 3.05) is 12.0 Å². The number of hydrogen-bond donors (Lipinski definition) is 0. The first-order valence-corrected chi connectivity index (χ1v) is 10.5. The highest BCUT2D eigenvalue weighted by molar-refractivity contribution is 6.31. The van der Waals surface area contributed by atoms with Crippen molar-refractivity contribution in [3.63, 3.8) is 0 Å². The first kappa shape index (κ1) is 20.4. The number of hydrogen-bond acceptors (Lipinski definition) is 4. The van der Waals surface area contributed by atoms with Crippen LogP contribution < -0.4 is 9.64 Å². The molecule has 1 saturated carbocycles. The zero-order valence-corrected chi connectivity index (χ0v) is 17.5. The number of carbonyl (C=O) groups is 3. The molecule has 1 aliphatic carbocycles. The van der Waals surface area contributed by atoms with Crippen LogP contribution in [0.3, 0.4) is 0 Å². The quantitative estimate of drug-likeness (QED) is 0.676. The second-order valence-corrected chi connectivity index (χ2v) is 8.08. The van der Waals surface area contributed by atoms with Crippen molar-refractivity contribution < 1.29 is 19.1 Å². The molecule has 1 heterocycles. The summed E-state index contributed by atoms with van der Waals surface area (Å²) in [5.41, 5.74) is 0.920. The molecular weight excluding hydrogens is 404 g/mol. The van der Waals surface area contributed by atoms with Gasteiger partial charge in [0.1, 0.15) is 11.8 Å². The zero-order chi connectivity index (χ0) is 21.3. The van der Waals surface area contributed by atoms with Crippen molar-refractivity contribution in [2.45, 2.75) is 44.2 Å². The fourth-order valence-electron chi connectivity index (χ4n) is 4.34. The molecule has 1 atom stereocenters. The maximum absolute atomic E-state index is 13.5. The standard InChI is InChI=1S/C23H23ClN2O4/c1-30-19-8-4-5-15(13-19)22(28)25(17-6-2-3-7-17)20-14-21(27)26(23(20)29)18-11-9-16(24)10-12-18/h4-5,8-13,17,20H,2-3,6-7,14H2,1H3. The molecule has 0 aromatic heterocycles. The number of anilines is 1. The average Bonchev–Trinajstić information content (AvgIpc) is 3.38. The lowest BCUT2D eigenvalue weighted by Gasteiger charge is -2.33. The Bertz CT molecular complexity index is 969. The van der Waals surface area contributed by atoms with E-state index >= 15 is 0 Å². The summed E-state index contributed by atoms with van der Waals surface area (Å²) in [5, 5.41) is 0.523. The van der Waals surface area contributed by atoms with E-state index in [1.165, 1.54) is 4.90 Å². The number of ether oxygens (including phenoxy) is 1. The number of nitrogens with zero attached hydrogens (tertiary/aromatic N) is 2. The molecule has 2 aliphatic rings. The minimum absolute atomic E-state index is 0.0202.